The van der Waals surface area contributed by atoms with Crippen molar-refractivity contribution in [2.24, 2.45) is 5.73 Å². The first kappa shape index (κ1) is 13.4. The average Bonchev–Trinajstić information content (AvgIpc) is 2.67. The second-order valence-electron chi connectivity index (χ2n) is 5.99. The summed E-state index contributed by atoms with van der Waals surface area (Å²) in [5, 5.41) is 10.3. The number of primary amides is 1. The summed E-state index contributed by atoms with van der Waals surface area (Å²) in [4.78, 5) is 13.9. The van der Waals surface area contributed by atoms with Crippen molar-refractivity contribution in [1.29, 1.82) is 0 Å². The summed E-state index contributed by atoms with van der Waals surface area (Å²) in [6, 6.07) is 6.61. The van der Waals surface area contributed by atoms with Crippen molar-refractivity contribution in [2.45, 2.75) is 50.6 Å². The van der Waals surface area contributed by atoms with Crippen molar-refractivity contribution >= 4 is 5.91 Å². The zero-order chi connectivity index (χ0) is 14.3. The zero-order valence-corrected chi connectivity index (χ0v) is 11.9. The Balaban J connectivity index is 1.88. The molecule has 4 nitrogen and oxygen atoms in total. The molecule has 1 amide bonds. The number of para-hydroxylation sites is 1. The Morgan fingerprint density at radius 3 is 2.55 bits per heavy atom. The molecule has 2 aliphatic rings. The van der Waals surface area contributed by atoms with Crippen molar-refractivity contribution in [2.75, 3.05) is 6.54 Å². The van der Waals surface area contributed by atoms with Crippen LogP contribution in [-0.4, -0.2) is 34.5 Å². The van der Waals surface area contributed by atoms with E-state index < -0.39 is 5.91 Å². The molecule has 0 radical (unpaired) electrons. The molecule has 2 aliphatic heterocycles. The van der Waals surface area contributed by atoms with Crippen LogP contribution in [0.4, 0.5) is 0 Å². The first-order valence-corrected chi connectivity index (χ1v) is 7.49. The van der Waals surface area contributed by atoms with E-state index in [2.05, 4.69) is 11.8 Å². The van der Waals surface area contributed by atoms with Crippen molar-refractivity contribution < 1.29 is 9.90 Å². The Morgan fingerprint density at radius 1 is 1.35 bits per heavy atom. The van der Waals surface area contributed by atoms with E-state index in [4.69, 9.17) is 5.73 Å². The first-order chi connectivity index (χ1) is 9.61. The van der Waals surface area contributed by atoms with Crippen LogP contribution in [0.5, 0.6) is 5.75 Å². The molecule has 0 aliphatic carbocycles. The van der Waals surface area contributed by atoms with Crippen molar-refractivity contribution in [3.63, 3.8) is 0 Å². The van der Waals surface area contributed by atoms with E-state index in [1.807, 2.05) is 12.1 Å². The Kier molecular flexibility index (Phi) is 3.42. The van der Waals surface area contributed by atoms with E-state index in [1.165, 1.54) is 12.8 Å². The highest BCUT2D eigenvalue weighted by atomic mass is 16.3. The molecule has 20 heavy (non-hydrogen) atoms. The number of aromatic hydroxyl groups is 1. The molecule has 108 valence electrons. The number of hydrogen-bond donors (Lipinski definition) is 2. The maximum absolute atomic E-state index is 11.4. The van der Waals surface area contributed by atoms with E-state index in [0.29, 0.717) is 18.0 Å². The number of phenols is 1. The molecule has 1 unspecified atom stereocenters. The van der Waals surface area contributed by atoms with Crippen LogP contribution in [0.3, 0.4) is 0 Å². The third kappa shape index (κ3) is 2.08. The van der Waals surface area contributed by atoms with Gasteiger partial charge in [-0.05, 0) is 49.8 Å². The quantitative estimate of drug-likeness (QED) is 0.888. The summed E-state index contributed by atoms with van der Waals surface area (Å²) in [6.07, 6.45) is 4.65. The summed E-state index contributed by atoms with van der Waals surface area (Å²) >= 11 is 0. The molecule has 2 saturated heterocycles. The number of nitrogens with zero attached hydrogens (tertiary/aromatic N) is 1. The number of hydrogen-bond acceptors (Lipinski definition) is 3. The number of carbonyl (C=O) groups is 1. The normalized spacial score (nSPS) is 29.6. The van der Waals surface area contributed by atoms with E-state index in [-0.39, 0.29) is 11.3 Å². The van der Waals surface area contributed by atoms with Gasteiger partial charge >= 0.3 is 0 Å². The van der Waals surface area contributed by atoms with Crippen LogP contribution in [0.15, 0.2) is 18.2 Å². The molecule has 4 heteroatoms. The summed E-state index contributed by atoms with van der Waals surface area (Å²) in [6.45, 7) is 3.33. The summed E-state index contributed by atoms with van der Waals surface area (Å²) < 4.78 is 0. The molecule has 3 atom stereocenters. The molecular weight excluding hydrogens is 252 g/mol. The zero-order valence-electron chi connectivity index (χ0n) is 11.9. The third-order valence-electron chi connectivity index (χ3n) is 5.02. The number of rotatable bonds is 3. The molecule has 2 bridgehead atoms. The first-order valence-electron chi connectivity index (χ1n) is 7.49. The minimum atomic E-state index is -0.557. The molecule has 0 aromatic heterocycles. The molecule has 1 aromatic carbocycles. The maximum atomic E-state index is 11.4. The van der Waals surface area contributed by atoms with E-state index in [0.717, 1.165) is 24.9 Å². The van der Waals surface area contributed by atoms with Gasteiger partial charge < -0.3 is 10.8 Å². The van der Waals surface area contributed by atoms with Gasteiger partial charge in [-0.3, -0.25) is 9.69 Å². The fourth-order valence-electron chi connectivity index (χ4n) is 4.13. The topological polar surface area (TPSA) is 66.6 Å². The van der Waals surface area contributed by atoms with Gasteiger partial charge in [-0.25, -0.2) is 0 Å². The highest BCUT2D eigenvalue weighted by Gasteiger charge is 2.40. The van der Waals surface area contributed by atoms with Crippen LogP contribution < -0.4 is 5.73 Å². The van der Waals surface area contributed by atoms with E-state index >= 15 is 0 Å². The minimum absolute atomic E-state index is 0.0920. The fraction of sp³-hybridized carbons (Fsp3) is 0.562. The number of amides is 1. The monoisotopic (exact) mass is 274 g/mol. The van der Waals surface area contributed by atoms with Crippen LogP contribution in [0.1, 0.15) is 54.4 Å². The van der Waals surface area contributed by atoms with E-state index in [9.17, 15) is 9.90 Å². The summed E-state index contributed by atoms with van der Waals surface area (Å²) in [5.41, 5.74) is 6.46. The highest BCUT2D eigenvalue weighted by Crippen LogP contribution is 2.45. The van der Waals surface area contributed by atoms with Crippen LogP contribution in [-0.2, 0) is 0 Å². The minimum Gasteiger partial charge on any atom is -0.507 e. The van der Waals surface area contributed by atoms with Crippen molar-refractivity contribution in [3.8, 4) is 5.75 Å². The molecule has 3 rings (SSSR count). The summed E-state index contributed by atoms with van der Waals surface area (Å²) in [7, 11) is 0. The second-order valence-corrected chi connectivity index (χ2v) is 5.99. The lowest BCUT2D eigenvalue weighted by Crippen LogP contribution is -2.41. The van der Waals surface area contributed by atoms with Crippen molar-refractivity contribution in [3.05, 3.63) is 29.3 Å². The molecule has 0 saturated carbocycles. The number of nitrogens with two attached hydrogens (primary N) is 1. The largest absolute Gasteiger partial charge is 0.507 e. The predicted octanol–water partition coefficient (Wildman–Crippen LogP) is 2.22. The highest BCUT2D eigenvalue weighted by molar-refractivity contribution is 5.96. The van der Waals surface area contributed by atoms with Crippen molar-refractivity contribution in [1.82, 2.24) is 4.90 Å². The van der Waals surface area contributed by atoms with Crippen LogP contribution in [0.2, 0.25) is 0 Å². The van der Waals surface area contributed by atoms with Crippen LogP contribution >= 0.6 is 0 Å². The Bertz CT molecular complexity index is 515. The number of carbonyl (C=O) groups excluding carboxylic acids is 1. The van der Waals surface area contributed by atoms with Gasteiger partial charge in [0.1, 0.15) is 5.75 Å². The Labute approximate surface area is 119 Å². The maximum Gasteiger partial charge on any atom is 0.252 e. The number of fused-ring (bicyclic) bond motifs is 2. The van der Waals surface area contributed by atoms with Gasteiger partial charge in [-0.2, -0.15) is 0 Å². The van der Waals surface area contributed by atoms with Crippen LogP contribution in [0, 0.1) is 0 Å². The van der Waals surface area contributed by atoms with Gasteiger partial charge in [0.15, 0.2) is 0 Å². The summed E-state index contributed by atoms with van der Waals surface area (Å²) in [5.74, 6) is -0.123. The fourth-order valence-corrected chi connectivity index (χ4v) is 4.13. The SMILES string of the molecule is CCN1[C@@H]2CC[C@H]1CC(c1cccc(C(N)=O)c1O)C2. The molecule has 2 fully saturated rings. The van der Waals surface area contributed by atoms with Gasteiger partial charge in [0.05, 0.1) is 5.56 Å². The lowest BCUT2D eigenvalue weighted by atomic mass is 9.84. The van der Waals surface area contributed by atoms with E-state index in [1.54, 1.807) is 6.07 Å². The third-order valence-corrected chi connectivity index (χ3v) is 5.02. The van der Waals surface area contributed by atoms with Gasteiger partial charge in [-0.15, -0.1) is 0 Å². The molecular formula is C16H22N2O2. The standard InChI is InChI=1S/C16H22N2O2/c1-2-18-11-6-7-12(18)9-10(8-11)13-4-3-5-14(15(13)19)16(17)20/h3-5,10-12,19H,2,6-9H2,1H3,(H2,17,20)/t10?,11-,12+. The number of benzene rings is 1. The van der Waals surface area contributed by atoms with Gasteiger partial charge in [0.25, 0.3) is 5.91 Å². The molecule has 1 aromatic rings. The molecule has 2 heterocycles. The Hall–Kier alpha value is -1.55. The lowest BCUT2D eigenvalue weighted by molar-refractivity contribution is 0.0997. The lowest BCUT2D eigenvalue weighted by Gasteiger charge is -2.38. The smallest absolute Gasteiger partial charge is 0.252 e. The second kappa shape index (κ2) is 5.09. The molecule has 0 spiro atoms. The predicted molar refractivity (Wildman–Crippen MR) is 77.8 cm³/mol. The average molecular weight is 274 g/mol. The van der Waals surface area contributed by atoms with Gasteiger partial charge in [-0.1, -0.05) is 19.1 Å². The van der Waals surface area contributed by atoms with Gasteiger partial charge in [0, 0.05) is 12.1 Å². The van der Waals surface area contributed by atoms with Gasteiger partial charge in [0.2, 0.25) is 0 Å². The Morgan fingerprint density at radius 2 is 2.00 bits per heavy atom. The van der Waals surface area contributed by atoms with Crippen LogP contribution in [0.25, 0.3) is 0 Å². The number of piperidine rings is 1. The molecule has 3 N–H and O–H groups in total.